The summed E-state index contributed by atoms with van der Waals surface area (Å²) in [5, 5.41) is 0. The Kier molecular flexibility index (Phi) is 3.09. The Morgan fingerprint density at radius 2 is 2.00 bits per heavy atom. The fourth-order valence-electron chi connectivity index (χ4n) is 2.77. The lowest BCUT2D eigenvalue weighted by atomic mass is 9.86. The number of nitrogens with zero attached hydrogens (tertiary/aromatic N) is 2. The maximum absolute atomic E-state index is 4.57. The summed E-state index contributed by atoms with van der Waals surface area (Å²) in [5.41, 5.74) is 0. The van der Waals surface area contributed by atoms with Gasteiger partial charge in [0, 0.05) is 19.0 Å². The van der Waals surface area contributed by atoms with Crippen molar-refractivity contribution in [1.82, 2.24) is 4.90 Å². The van der Waals surface area contributed by atoms with Gasteiger partial charge in [-0.2, -0.15) is 0 Å². The van der Waals surface area contributed by atoms with E-state index in [0.29, 0.717) is 0 Å². The Morgan fingerprint density at radius 3 is 2.64 bits per heavy atom. The van der Waals surface area contributed by atoms with Gasteiger partial charge in [-0.25, -0.2) is 0 Å². The second kappa shape index (κ2) is 4.33. The minimum atomic E-state index is 0.812. The second-order valence-electron chi connectivity index (χ2n) is 4.76. The summed E-state index contributed by atoms with van der Waals surface area (Å²) in [7, 11) is 0. The van der Waals surface area contributed by atoms with Crippen molar-refractivity contribution >= 4 is 5.84 Å². The van der Waals surface area contributed by atoms with Crippen LogP contribution < -0.4 is 0 Å². The zero-order chi connectivity index (χ0) is 9.97. The molecule has 1 saturated carbocycles. The highest BCUT2D eigenvalue weighted by Gasteiger charge is 2.27. The standard InChI is InChI=1S/C12H22N2/c1-3-12-13-8-9-14(12)11-6-4-10(2)5-7-11/h10-11H,3-9H2,1-2H3. The van der Waals surface area contributed by atoms with Gasteiger partial charge in [0.05, 0.1) is 12.4 Å². The van der Waals surface area contributed by atoms with Crippen LogP contribution in [0.3, 0.4) is 0 Å². The lowest BCUT2D eigenvalue weighted by molar-refractivity contribution is 0.223. The fourth-order valence-corrected chi connectivity index (χ4v) is 2.77. The smallest absolute Gasteiger partial charge is 0.0990 e. The first-order chi connectivity index (χ1) is 6.81. The van der Waals surface area contributed by atoms with Gasteiger partial charge in [-0.3, -0.25) is 4.99 Å². The van der Waals surface area contributed by atoms with Crippen LogP contribution in [0.2, 0.25) is 0 Å². The summed E-state index contributed by atoms with van der Waals surface area (Å²) in [6, 6.07) is 0.812. The van der Waals surface area contributed by atoms with Crippen LogP contribution in [-0.4, -0.2) is 29.9 Å². The summed E-state index contributed by atoms with van der Waals surface area (Å²) in [6.45, 7) is 6.83. The van der Waals surface area contributed by atoms with Crippen molar-refractivity contribution in [3.8, 4) is 0 Å². The highest BCUT2D eigenvalue weighted by Crippen LogP contribution is 2.28. The lowest BCUT2D eigenvalue weighted by Crippen LogP contribution is -2.40. The highest BCUT2D eigenvalue weighted by molar-refractivity contribution is 5.83. The maximum atomic E-state index is 4.57. The van der Waals surface area contributed by atoms with Crippen molar-refractivity contribution in [1.29, 1.82) is 0 Å². The average Bonchev–Trinajstić information content (AvgIpc) is 2.67. The van der Waals surface area contributed by atoms with Crippen molar-refractivity contribution in [2.24, 2.45) is 10.9 Å². The Labute approximate surface area is 87.4 Å². The predicted octanol–water partition coefficient (Wildman–Crippen LogP) is 2.69. The third-order valence-electron chi connectivity index (χ3n) is 3.71. The molecule has 0 radical (unpaired) electrons. The van der Waals surface area contributed by atoms with Crippen molar-refractivity contribution in [3.63, 3.8) is 0 Å². The molecule has 1 aliphatic heterocycles. The van der Waals surface area contributed by atoms with Gasteiger partial charge in [-0.15, -0.1) is 0 Å². The Bertz CT molecular complexity index is 214. The molecule has 0 bridgehead atoms. The van der Waals surface area contributed by atoms with E-state index in [-0.39, 0.29) is 0 Å². The molecule has 0 unspecified atom stereocenters. The predicted molar refractivity (Wildman–Crippen MR) is 60.7 cm³/mol. The molecule has 0 aromatic rings. The summed E-state index contributed by atoms with van der Waals surface area (Å²) in [4.78, 5) is 7.15. The summed E-state index contributed by atoms with van der Waals surface area (Å²) < 4.78 is 0. The molecule has 0 atom stereocenters. The van der Waals surface area contributed by atoms with Crippen LogP contribution in [0.1, 0.15) is 46.0 Å². The molecule has 2 nitrogen and oxygen atoms in total. The zero-order valence-corrected chi connectivity index (χ0v) is 9.50. The van der Waals surface area contributed by atoms with Crippen LogP contribution in [0.25, 0.3) is 0 Å². The SMILES string of the molecule is CCC1=NCCN1C1CCC(C)CC1. The molecule has 2 heteroatoms. The third-order valence-corrected chi connectivity index (χ3v) is 3.71. The van der Waals surface area contributed by atoms with E-state index < -0.39 is 0 Å². The molecule has 1 aliphatic carbocycles. The minimum absolute atomic E-state index is 0.812. The lowest BCUT2D eigenvalue weighted by Gasteiger charge is -2.35. The largest absolute Gasteiger partial charge is 0.356 e. The van der Waals surface area contributed by atoms with E-state index in [1.165, 1.54) is 38.1 Å². The van der Waals surface area contributed by atoms with Gasteiger partial charge in [0.15, 0.2) is 0 Å². The van der Waals surface area contributed by atoms with Gasteiger partial charge >= 0.3 is 0 Å². The van der Waals surface area contributed by atoms with Gasteiger partial charge in [0.2, 0.25) is 0 Å². The third kappa shape index (κ3) is 1.94. The number of rotatable bonds is 2. The number of amidine groups is 1. The molecule has 80 valence electrons. The molecule has 0 N–H and O–H groups in total. The first-order valence-electron chi connectivity index (χ1n) is 6.11. The number of hydrogen-bond acceptors (Lipinski definition) is 2. The monoisotopic (exact) mass is 194 g/mol. The molecule has 0 amide bonds. The molecule has 2 rings (SSSR count). The van der Waals surface area contributed by atoms with E-state index in [2.05, 4.69) is 23.7 Å². The van der Waals surface area contributed by atoms with Gasteiger partial charge in [0.1, 0.15) is 0 Å². The highest BCUT2D eigenvalue weighted by atomic mass is 15.3. The van der Waals surface area contributed by atoms with E-state index in [9.17, 15) is 0 Å². The normalized spacial score (nSPS) is 33.3. The molecule has 0 spiro atoms. The van der Waals surface area contributed by atoms with Crippen LogP contribution >= 0.6 is 0 Å². The molecule has 1 fully saturated rings. The quantitative estimate of drug-likeness (QED) is 0.660. The van der Waals surface area contributed by atoms with Crippen LogP contribution in [-0.2, 0) is 0 Å². The van der Waals surface area contributed by atoms with Crippen molar-refractivity contribution in [2.75, 3.05) is 13.1 Å². The van der Waals surface area contributed by atoms with Crippen molar-refractivity contribution in [3.05, 3.63) is 0 Å². The van der Waals surface area contributed by atoms with Gasteiger partial charge in [-0.05, 0) is 31.6 Å². The van der Waals surface area contributed by atoms with E-state index >= 15 is 0 Å². The zero-order valence-electron chi connectivity index (χ0n) is 9.50. The van der Waals surface area contributed by atoms with E-state index in [1.54, 1.807) is 0 Å². The van der Waals surface area contributed by atoms with Crippen LogP contribution in [0, 0.1) is 5.92 Å². The van der Waals surface area contributed by atoms with Crippen LogP contribution in [0.4, 0.5) is 0 Å². The molecular weight excluding hydrogens is 172 g/mol. The van der Waals surface area contributed by atoms with Gasteiger partial charge in [-0.1, -0.05) is 13.8 Å². The fraction of sp³-hybridized carbons (Fsp3) is 0.917. The Hall–Kier alpha value is -0.530. The molecule has 0 aromatic carbocycles. The molecular formula is C12H22N2. The van der Waals surface area contributed by atoms with Crippen molar-refractivity contribution in [2.45, 2.75) is 52.0 Å². The Balaban J connectivity index is 1.92. The maximum Gasteiger partial charge on any atom is 0.0990 e. The van der Waals surface area contributed by atoms with Crippen LogP contribution in [0.5, 0.6) is 0 Å². The van der Waals surface area contributed by atoms with E-state index in [1.807, 2.05) is 0 Å². The summed E-state index contributed by atoms with van der Waals surface area (Å²) in [5.74, 6) is 2.32. The Morgan fingerprint density at radius 1 is 1.29 bits per heavy atom. The molecule has 0 aromatic heterocycles. The molecule has 2 aliphatic rings. The first-order valence-corrected chi connectivity index (χ1v) is 6.11. The second-order valence-corrected chi connectivity index (χ2v) is 4.76. The number of aliphatic imine (C=N–C) groups is 1. The molecule has 0 saturated heterocycles. The topological polar surface area (TPSA) is 15.6 Å². The van der Waals surface area contributed by atoms with Gasteiger partial charge in [0.25, 0.3) is 0 Å². The van der Waals surface area contributed by atoms with Crippen molar-refractivity contribution < 1.29 is 0 Å². The van der Waals surface area contributed by atoms with E-state index in [4.69, 9.17) is 0 Å². The minimum Gasteiger partial charge on any atom is -0.356 e. The average molecular weight is 194 g/mol. The van der Waals surface area contributed by atoms with Gasteiger partial charge < -0.3 is 4.90 Å². The van der Waals surface area contributed by atoms with E-state index in [0.717, 1.165) is 24.9 Å². The molecule has 1 heterocycles. The molecule has 14 heavy (non-hydrogen) atoms. The number of hydrogen-bond donors (Lipinski definition) is 0. The summed E-state index contributed by atoms with van der Waals surface area (Å²) in [6.07, 6.45) is 6.72. The van der Waals surface area contributed by atoms with Crippen LogP contribution in [0.15, 0.2) is 4.99 Å². The summed E-state index contributed by atoms with van der Waals surface area (Å²) >= 11 is 0. The first kappa shape index (κ1) is 10.0.